The first-order valence-corrected chi connectivity index (χ1v) is 9.59. The van der Waals surface area contributed by atoms with E-state index in [1.807, 2.05) is 26.8 Å². The molecule has 1 saturated carbocycles. The van der Waals surface area contributed by atoms with Crippen molar-refractivity contribution in [3.8, 4) is 0 Å². The average Bonchev–Trinajstić information content (AvgIpc) is 2.37. The van der Waals surface area contributed by atoms with Crippen LogP contribution in [0.2, 0.25) is 0 Å². The highest BCUT2D eigenvalue weighted by atomic mass is 79.9. The number of aryl methyl sites for hydroxylation is 1. The zero-order valence-electron chi connectivity index (χ0n) is 12.8. The lowest BCUT2D eigenvalue weighted by molar-refractivity contribution is 0.248. The second-order valence-electron chi connectivity index (χ2n) is 6.02. The average molecular weight is 375 g/mol. The summed E-state index contributed by atoms with van der Waals surface area (Å²) in [6.07, 6.45) is 2.89. The summed E-state index contributed by atoms with van der Waals surface area (Å²) in [7, 11) is -3.50. The van der Waals surface area contributed by atoms with Crippen LogP contribution in [0, 0.1) is 6.92 Å². The van der Waals surface area contributed by atoms with E-state index >= 15 is 0 Å². The molecule has 0 spiro atoms. The van der Waals surface area contributed by atoms with E-state index < -0.39 is 10.0 Å². The van der Waals surface area contributed by atoms with E-state index in [1.165, 1.54) is 0 Å². The fourth-order valence-corrected chi connectivity index (χ4v) is 5.10. The molecule has 118 valence electrons. The molecular formula is C15H23BrN2O2S. The maximum absolute atomic E-state index is 12.7. The van der Waals surface area contributed by atoms with Crippen LogP contribution in [0.1, 0.15) is 44.2 Å². The molecule has 0 aromatic heterocycles. The van der Waals surface area contributed by atoms with Crippen LogP contribution >= 0.6 is 15.9 Å². The van der Waals surface area contributed by atoms with Gasteiger partial charge in [0.25, 0.3) is 0 Å². The third kappa shape index (κ3) is 3.86. The van der Waals surface area contributed by atoms with Crippen molar-refractivity contribution in [3.63, 3.8) is 0 Å². The molecule has 1 aliphatic carbocycles. The van der Waals surface area contributed by atoms with Crippen LogP contribution < -0.4 is 10.0 Å². The second-order valence-corrected chi connectivity index (χ2v) is 8.47. The van der Waals surface area contributed by atoms with Gasteiger partial charge in [-0.15, -0.1) is 0 Å². The fraction of sp³-hybridized carbons (Fsp3) is 0.600. The molecule has 1 aromatic carbocycles. The Morgan fingerprint density at radius 2 is 2.00 bits per heavy atom. The quantitative estimate of drug-likeness (QED) is 0.804. The van der Waals surface area contributed by atoms with Gasteiger partial charge in [0.1, 0.15) is 0 Å². The summed E-state index contributed by atoms with van der Waals surface area (Å²) in [5.74, 6) is 0. The highest BCUT2D eigenvalue weighted by Crippen LogP contribution is 2.34. The maximum atomic E-state index is 12.7. The van der Waals surface area contributed by atoms with E-state index in [9.17, 15) is 8.42 Å². The molecule has 0 atom stereocenters. The smallest absolute Gasteiger partial charge is 0.242 e. The van der Waals surface area contributed by atoms with E-state index in [0.717, 1.165) is 36.9 Å². The summed E-state index contributed by atoms with van der Waals surface area (Å²) in [6, 6.07) is 3.76. The number of halogens is 1. The molecule has 1 aromatic rings. The number of sulfonamides is 1. The Bertz CT molecular complexity index is 625. The fourth-order valence-electron chi connectivity index (χ4n) is 2.56. The molecule has 1 aliphatic rings. The van der Waals surface area contributed by atoms with Gasteiger partial charge in [-0.2, -0.15) is 0 Å². The Labute approximate surface area is 135 Å². The lowest BCUT2D eigenvalue weighted by Crippen LogP contribution is -2.50. The third-order valence-corrected chi connectivity index (χ3v) is 6.97. The van der Waals surface area contributed by atoms with Gasteiger partial charge in [0.2, 0.25) is 10.0 Å². The van der Waals surface area contributed by atoms with Gasteiger partial charge in [0.15, 0.2) is 0 Å². The van der Waals surface area contributed by atoms with Gasteiger partial charge in [-0.3, -0.25) is 0 Å². The van der Waals surface area contributed by atoms with Gasteiger partial charge in [0.05, 0.1) is 4.90 Å². The Morgan fingerprint density at radius 1 is 1.33 bits per heavy atom. The SMILES string of the molecule is CCNCc1cc(C)c(Br)c(S(=O)(=O)NC2(C)CCC2)c1. The minimum atomic E-state index is -3.50. The molecule has 0 bridgehead atoms. The zero-order valence-corrected chi connectivity index (χ0v) is 15.2. The van der Waals surface area contributed by atoms with E-state index in [1.54, 1.807) is 6.07 Å². The molecule has 0 unspecified atom stereocenters. The maximum Gasteiger partial charge on any atom is 0.242 e. The van der Waals surface area contributed by atoms with E-state index in [2.05, 4.69) is 26.0 Å². The standard InChI is InChI=1S/C15H23BrN2O2S/c1-4-17-10-12-8-11(2)14(16)13(9-12)21(19,20)18-15(3)6-5-7-15/h8-9,17-18H,4-7,10H2,1-3H3. The third-order valence-electron chi connectivity index (χ3n) is 3.99. The first kappa shape index (κ1) is 16.9. The Morgan fingerprint density at radius 3 is 2.52 bits per heavy atom. The number of hydrogen-bond donors (Lipinski definition) is 2. The molecule has 1 fully saturated rings. The van der Waals surface area contributed by atoms with Gasteiger partial charge in [-0.25, -0.2) is 13.1 Å². The molecule has 0 amide bonds. The minimum Gasteiger partial charge on any atom is -0.313 e. The molecular weight excluding hydrogens is 352 g/mol. The van der Waals surface area contributed by atoms with E-state index in [-0.39, 0.29) is 5.54 Å². The van der Waals surface area contributed by atoms with Crippen LogP contribution in [0.3, 0.4) is 0 Å². The highest BCUT2D eigenvalue weighted by Gasteiger charge is 2.37. The molecule has 21 heavy (non-hydrogen) atoms. The Hall–Kier alpha value is -0.430. The van der Waals surface area contributed by atoms with Crippen LogP contribution in [0.5, 0.6) is 0 Å². The van der Waals surface area contributed by atoms with Gasteiger partial charge in [-0.1, -0.05) is 13.0 Å². The number of benzene rings is 1. The zero-order chi connectivity index (χ0) is 15.7. The van der Waals surface area contributed by atoms with Crippen LogP contribution in [0.25, 0.3) is 0 Å². The van der Waals surface area contributed by atoms with Crippen molar-refractivity contribution in [3.05, 3.63) is 27.7 Å². The van der Waals surface area contributed by atoms with Crippen LogP contribution in [0.15, 0.2) is 21.5 Å². The van der Waals surface area contributed by atoms with Gasteiger partial charge in [0, 0.05) is 16.6 Å². The monoisotopic (exact) mass is 374 g/mol. The van der Waals surface area contributed by atoms with Crippen molar-refractivity contribution < 1.29 is 8.42 Å². The van der Waals surface area contributed by atoms with Crippen molar-refractivity contribution in [2.45, 2.75) is 57.0 Å². The second kappa shape index (κ2) is 6.36. The predicted octanol–water partition coefficient (Wildman–Crippen LogP) is 3.09. The molecule has 0 saturated heterocycles. The van der Waals surface area contributed by atoms with Gasteiger partial charge in [-0.05, 0) is 72.8 Å². The minimum absolute atomic E-state index is 0.288. The molecule has 0 radical (unpaired) electrons. The summed E-state index contributed by atoms with van der Waals surface area (Å²) in [5.41, 5.74) is 1.63. The van der Waals surface area contributed by atoms with E-state index in [4.69, 9.17) is 0 Å². The highest BCUT2D eigenvalue weighted by molar-refractivity contribution is 9.10. The molecule has 2 N–H and O–H groups in total. The van der Waals surface area contributed by atoms with Crippen molar-refractivity contribution in [2.24, 2.45) is 0 Å². The summed E-state index contributed by atoms with van der Waals surface area (Å²) in [4.78, 5) is 0.337. The van der Waals surface area contributed by atoms with Gasteiger partial charge < -0.3 is 5.32 Å². The van der Waals surface area contributed by atoms with Crippen molar-refractivity contribution >= 4 is 26.0 Å². The van der Waals surface area contributed by atoms with Crippen LogP contribution in [-0.4, -0.2) is 20.5 Å². The molecule has 0 aliphatic heterocycles. The molecule has 0 heterocycles. The summed E-state index contributed by atoms with van der Waals surface area (Å²) in [6.45, 7) is 7.45. The number of rotatable bonds is 6. The normalized spacial score (nSPS) is 17.5. The Kier molecular flexibility index (Phi) is 5.13. The molecule has 6 heteroatoms. The van der Waals surface area contributed by atoms with Crippen molar-refractivity contribution in [1.82, 2.24) is 10.0 Å². The topological polar surface area (TPSA) is 58.2 Å². The largest absolute Gasteiger partial charge is 0.313 e. The summed E-state index contributed by atoms with van der Waals surface area (Å²) in [5, 5.41) is 3.23. The lowest BCUT2D eigenvalue weighted by Gasteiger charge is -2.38. The number of nitrogens with one attached hydrogen (secondary N) is 2. The van der Waals surface area contributed by atoms with Crippen LogP contribution in [0.4, 0.5) is 0 Å². The first-order chi connectivity index (χ1) is 9.77. The van der Waals surface area contributed by atoms with Gasteiger partial charge >= 0.3 is 0 Å². The van der Waals surface area contributed by atoms with E-state index in [0.29, 0.717) is 15.9 Å². The predicted molar refractivity (Wildman–Crippen MR) is 88.8 cm³/mol. The summed E-state index contributed by atoms with van der Waals surface area (Å²) < 4.78 is 28.9. The number of hydrogen-bond acceptors (Lipinski definition) is 3. The van der Waals surface area contributed by atoms with Crippen LogP contribution in [-0.2, 0) is 16.6 Å². The first-order valence-electron chi connectivity index (χ1n) is 7.31. The lowest BCUT2D eigenvalue weighted by atomic mass is 9.80. The van der Waals surface area contributed by atoms with Crippen molar-refractivity contribution in [2.75, 3.05) is 6.54 Å². The Balaban J connectivity index is 2.34. The summed E-state index contributed by atoms with van der Waals surface area (Å²) >= 11 is 3.43. The van der Waals surface area contributed by atoms with Crippen molar-refractivity contribution in [1.29, 1.82) is 0 Å². The molecule has 2 rings (SSSR count). The molecule has 4 nitrogen and oxygen atoms in total.